The molecule has 1 aliphatic carbocycles. The fourth-order valence-electron chi connectivity index (χ4n) is 4.04. The van der Waals surface area contributed by atoms with Gasteiger partial charge in [-0.2, -0.15) is 5.10 Å². The molecule has 1 saturated heterocycles. The lowest BCUT2D eigenvalue weighted by Crippen LogP contribution is -2.97. The third-order valence-electron chi connectivity index (χ3n) is 5.71. The minimum Gasteiger partial charge on any atom is -0.438 e. The van der Waals surface area contributed by atoms with Crippen molar-refractivity contribution in [1.82, 2.24) is 15.3 Å². The van der Waals surface area contributed by atoms with Gasteiger partial charge in [-0.1, -0.05) is 0 Å². The summed E-state index contributed by atoms with van der Waals surface area (Å²) in [5.74, 6) is -1.69. The molecular formula is C18H20F2N7O3+. The van der Waals surface area contributed by atoms with Gasteiger partial charge in [-0.05, 0) is 0 Å². The second-order valence-corrected chi connectivity index (χ2v) is 7.58. The predicted octanol–water partition coefficient (Wildman–Crippen LogP) is -0.533. The number of anilines is 2. The summed E-state index contributed by atoms with van der Waals surface area (Å²) in [7, 11) is 0. The van der Waals surface area contributed by atoms with Gasteiger partial charge < -0.3 is 9.64 Å². The average molecular weight is 420 g/mol. The molecule has 3 heterocycles. The lowest BCUT2D eigenvalue weighted by atomic mass is 10.2. The summed E-state index contributed by atoms with van der Waals surface area (Å²) >= 11 is 0. The molecule has 30 heavy (non-hydrogen) atoms. The maximum absolute atomic E-state index is 14.9. The smallest absolute Gasteiger partial charge is 0.415 e. The van der Waals surface area contributed by atoms with Crippen LogP contribution in [0.25, 0.3) is 0 Å². The Labute approximate surface area is 170 Å². The Morgan fingerprint density at radius 1 is 1.30 bits per heavy atom. The zero-order valence-electron chi connectivity index (χ0n) is 15.9. The Balaban J connectivity index is 1.36. The van der Waals surface area contributed by atoms with E-state index < -0.39 is 23.3 Å². The van der Waals surface area contributed by atoms with Gasteiger partial charge in [-0.15, -0.1) is 5.53 Å². The van der Waals surface area contributed by atoms with Gasteiger partial charge in [0.15, 0.2) is 17.2 Å². The van der Waals surface area contributed by atoms with Crippen LogP contribution in [-0.2, 0) is 9.53 Å². The molecule has 2 atom stereocenters. The van der Waals surface area contributed by atoms with Crippen LogP contribution in [0.1, 0.15) is 6.42 Å². The van der Waals surface area contributed by atoms with E-state index in [0.717, 1.165) is 12.1 Å². The number of ether oxygens (including phenoxy) is 1. The molecule has 0 bridgehead atoms. The Morgan fingerprint density at radius 2 is 2.10 bits per heavy atom. The number of hydrogen-bond donors (Lipinski definition) is 2. The van der Waals surface area contributed by atoms with Gasteiger partial charge in [0, 0.05) is 31.3 Å². The van der Waals surface area contributed by atoms with E-state index >= 15 is 0 Å². The first-order valence-electron chi connectivity index (χ1n) is 9.53. The Bertz CT molecular complexity index is 935. The predicted molar refractivity (Wildman–Crippen MR) is 101 cm³/mol. The Morgan fingerprint density at radius 3 is 2.80 bits per heavy atom. The number of carbonyl (C=O) groups excluding carboxylic acids is 2. The van der Waals surface area contributed by atoms with E-state index in [0.29, 0.717) is 12.8 Å². The number of amides is 2. The Hall–Kier alpha value is -3.41. The van der Waals surface area contributed by atoms with E-state index in [2.05, 4.69) is 10.5 Å². The van der Waals surface area contributed by atoms with Crippen molar-refractivity contribution in [3.63, 3.8) is 0 Å². The minimum atomic E-state index is -0.845. The highest BCUT2D eigenvalue weighted by atomic mass is 19.1. The molecule has 5 rings (SSSR count). The van der Waals surface area contributed by atoms with E-state index in [9.17, 15) is 18.4 Å². The number of carbonyl (C=O) groups is 2. The molecule has 10 nitrogen and oxygen atoms in total. The first-order valence-corrected chi connectivity index (χ1v) is 9.53. The van der Waals surface area contributed by atoms with Crippen molar-refractivity contribution in [2.24, 2.45) is 5.10 Å². The van der Waals surface area contributed by atoms with Crippen molar-refractivity contribution < 1.29 is 28.6 Å². The number of rotatable bonds is 4. The molecule has 12 heteroatoms. The van der Waals surface area contributed by atoms with Crippen LogP contribution in [-0.4, -0.2) is 66.4 Å². The summed E-state index contributed by atoms with van der Waals surface area (Å²) < 4.78 is 35.3. The van der Waals surface area contributed by atoms with Gasteiger partial charge in [0.05, 0.1) is 37.7 Å². The quantitative estimate of drug-likeness (QED) is 0.502. The average Bonchev–Trinajstić information content (AvgIpc) is 3.04. The number of quaternary nitrogens is 1. The van der Waals surface area contributed by atoms with Gasteiger partial charge >= 0.3 is 6.09 Å². The summed E-state index contributed by atoms with van der Waals surface area (Å²) in [6.07, 6.45) is 5.70. The molecular weight excluding hydrogens is 400 g/mol. The van der Waals surface area contributed by atoms with Crippen molar-refractivity contribution in [3.05, 3.63) is 36.2 Å². The molecule has 1 saturated carbocycles. The van der Waals surface area contributed by atoms with Gasteiger partial charge in [-0.25, -0.2) is 24.0 Å². The zero-order valence-corrected chi connectivity index (χ0v) is 15.9. The van der Waals surface area contributed by atoms with Gasteiger partial charge in [0.2, 0.25) is 6.41 Å². The summed E-state index contributed by atoms with van der Waals surface area (Å²) in [5, 5.41) is 7.14. The van der Waals surface area contributed by atoms with E-state index in [-0.39, 0.29) is 43.6 Å². The number of benzene rings is 1. The molecule has 2 unspecified atom stereocenters. The van der Waals surface area contributed by atoms with Gasteiger partial charge in [0.25, 0.3) is 0 Å². The largest absolute Gasteiger partial charge is 0.438 e. The van der Waals surface area contributed by atoms with Crippen molar-refractivity contribution in [3.8, 4) is 0 Å². The highest BCUT2D eigenvalue weighted by molar-refractivity contribution is 5.91. The van der Waals surface area contributed by atoms with Gasteiger partial charge in [-0.3, -0.25) is 14.7 Å². The normalized spacial score (nSPS) is 27.5. The minimum absolute atomic E-state index is 0.0149. The monoisotopic (exact) mass is 420 g/mol. The first-order chi connectivity index (χ1) is 14.5. The van der Waals surface area contributed by atoms with E-state index in [1.807, 2.05) is 11.2 Å². The standard InChI is InChI=1S/C18H19F2N7O3/c19-13-7-12(8-14(20)16(13)27-6-5-24(11-28)3-2-22-27)25-10-18(30-17(25)29)9-15(18)26-4-1-21-23-26/h1-2,4,7-8,11,15,21,23H,3,5-6,9-10H2/p+1. The maximum atomic E-state index is 14.9. The number of hydrogen-bond acceptors (Lipinski definition) is 7. The first kappa shape index (κ1) is 18.6. The number of nitrogens with one attached hydrogen (secondary N) is 1. The molecule has 1 aromatic rings. The summed E-state index contributed by atoms with van der Waals surface area (Å²) in [5.41, 5.74) is 3.80. The second-order valence-electron chi connectivity index (χ2n) is 7.58. The molecule has 158 valence electrons. The molecule has 2 fully saturated rings. The van der Waals surface area contributed by atoms with Crippen LogP contribution >= 0.6 is 0 Å². The molecule has 1 spiro atoms. The van der Waals surface area contributed by atoms with Gasteiger partial charge in [0.1, 0.15) is 11.7 Å². The van der Waals surface area contributed by atoms with Crippen LogP contribution in [0.2, 0.25) is 0 Å². The van der Waals surface area contributed by atoms with Crippen LogP contribution in [0, 0.1) is 11.6 Å². The SMILES string of the molecule is O=CN1CC=NN(c2c(F)cc(N3CC4(CC4N4C=CN[NH2+]4)OC3=O)cc2F)CC1. The van der Waals surface area contributed by atoms with Crippen LogP contribution in [0.15, 0.2) is 29.6 Å². The highest BCUT2D eigenvalue weighted by Gasteiger charge is 2.67. The summed E-state index contributed by atoms with van der Waals surface area (Å²) in [6, 6.07) is 2.20. The number of halogens is 2. The molecule has 4 aliphatic rings. The second kappa shape index (κ2) is 6.83. The lowest BCUT2D eigenvalue weighted by molar-refractivity contribution is -0.825. The van der Waals surface area contributed by atoms with E-state index in [4.69, 9.17) is 4.74 Å². The van der Waals surface area contributed by atoms with Crippen molar-refractivity contribution in [2.45, 2.75) is 18.1 Å². The van der Waals surface area contributed by atoms with Crippen LogP contribution in [0.3, 0.4) is 0 Å². The van der Waals surface area contributed by atoms with Crippen molar-refractivity contribution >= 4 is 30.1 Å². The van der Waals surface area contributed by atoms with Crippen molar-refractivity contribution in [1.29, 1.82) is 0 Å². The zero-order chi connectivity index (χ0) is 20.9. The number of hydrazone groups is 1. The van der Waals surface area contributed by atoms with Crippen LogP contribution < -0.4 is 20.9 Å². The molecule has 0 aromatic heterocycles. The third-order valence-corrected chi connectivity index (χ3v) is 5.71. The summed E-state index contributed by atoms with van der Waals surface area (Å²) in [6.45, 7) is 0.905. The molecule has 2 amide bonds. The fourth-order valence-corrected chi connectivity index (χ4v) is 4.04. The van der Waals surface area contributed by atoms with E-state index in [1.165, 1.54) is 21.0 Å². The fraction of sp³-hybridized carbons (Fsp3) is 0.389. The number of nitrogens with zero attached hydrogens (tertiary/aromatic N) is 5. The van der Waals surface area contributed by atoms with Crippen molar-refractivity contribution in [2.75, 3.05) is 36.1 Å². The highest BCUT2D eigenvalue weighted by Crippen LogP contribution is 2.48. The molecule has 0 radical (unpaired) electrons. The topological polar surface area (TPSA) is 97.3 Å². The van der Waals surface area contributed by atoms with Crippen LogP contribution in [0.5, 0.6) is 0 Å². The number of nitrogens with two attached hydrogens (primary N) is 1. The molecule has 3 aliphatic heterocycles. The summed E-state index contributed by atoms with van der Waals surface area (Å²) in [4.78, 5) is 26.1. The van der Waals surface area contributed by atoms with E-state index in [1.54, 1.807) is 11.7 Å². The maximum Gasteiger partial charge on any atom is 0.415 e. The third kappa shape index (κ3) is 3.00. The molecule has 1 aromatic carbocycles. The van der Waals surface area contributed by atoms with Crippen LogP contribution in [0.4, 0.5) is 25.0 Å². The molecule has 3 N–H and O–H groups in total. The Kier molecular flexibility index (Phi) is 4.24. The lowest BCUT2D eigenvalue weighted by Gasteiger charge is -2.22.